The lowest BCUT2D eigenvalue weighted by atomic mass is 9.92. The lowest BCUT2D eigenvalue weighted by Gasteiger charge is -2.38. The molecule has 0 saturated carbocycles. The third-order valence-electron chi connectivity index (χ3n) is 5.74. The fourth-order valence-corrected chi connectivity index (χ4v) is 4.14. The van der Waals surface area contributed by atoms with Crippen molar-refractivity contribution in [2.75, 3.05) is 7.11 Å². The number of fused-ring (bicyclic) bond motifs is 1. The number of rotatable bonds is 7. The molecule has 6 nitrogen and oxygen atoms in total. The van der Waals surface area contributed by atoms with Crippen LogP contribution in [0.25, 0.3) is 0 Å². The summed E-state index contributed by atoms with van der Waals surface area (Å²) in [4.78, 5) is 26.4. The summed E-state index contributed by atoms with van der Waals surface area (Å²) in [6.45, 7) is 0.414. The molecule has 0 spiro atoms. The molecule has 3 aromatic carbocycles. The fourth-order valence-electron chi connectivity index (χ4n) is 4.02. The average molecular weight is 465 g/mol. The first-order valence-electron chi connectivity index (χ1n) is 10.6. The number of hydrogen-bond acceptors (Lipinski definition) is 5. The highest BCUT2D eigenvalue weighted by Gasteiger charge is 2.33. The summed E-state index contributed by atoms with van der Waals surface area (Å²) in [6, 6.07) is 19.0. The third-order valence-corrected chi connectivity index (χ3v) is 5.99. The van der Waals surface area contributed by atoms with Gasteiger partial charge >= 0.3 is 0 Å². The molecule has 170 valence electrons. The lowest BCUT2D eigenvalue weighted by Crippen LogP contribution is -2.54. The van der Waals surface area contributed by atoms with Gasteiger partial charge in [0.25, 0.3) is 0 Å². The second kappa shape index (κ2) is 9.96. The molecule has 1 aliphatic heterocycles. The molecular weight excluding hydrogens is 442 g/mol. The summed E-state index contributed by atoms with van der Waals surface area (Å²) in [5.74, 6) is -0.579. The first-order chi connectivity index (χ1) is 16.0. The summed E-state index contributed by atoms with van der Waals surface area (Å²) >= 11 is 5.95. The Morgan fingerprint density at radius 1 is 1.03 bits per heavy atom. The van der Waals surface area contributed by atoms with E-state index in [-0.39, 0.29) is 31.9 Å². The predicted molar refractivity (Wildman–Crippen MR) is 122 cm³/mol. The summed E-state index contributed by atoms with van der Waals surface area (Å²) < 4.78 is 11.6. The Balaban J connectivity index is 1.61. The van der Waals surface area contributed by atoms with E-state index in [2.05, 4.69) is 0 Å². The quantitative estimate of drug-likeness (QED) is 0.536. The standard InChI is InChI=1S/C26H24ClNO5/c1-32-23-12-9-19-15-28(24(29)13-17-5-3-2-4-6-17)22(26(30)31)14-21(19)25(23)33-16-18-7-10-20(27)11-8-18/h2-12,22H,13-16H2,1H3,(H,30,31)/p-1/t22-/m1/s1. The molecule has 0 bridgehead atoms. The Morgan fingerprint density at radius 2 is 1.76 bits per heavy atom. The monoisotopic (exact) mass is 464 g/mol. The maximum absolute atomic E-state index is 13.0. The van der Waals surface area contributed by atoms with Crippen LogP contribution in [-0.4, -0.2) is 29.9 Å². The minimum atomic E-state index is -1.30. The van der Waals surface area contributed by atoms with Gasteiger partial charge in [0.05, 0.1) is 25.5 Å². The van der Waals surface area contributed by atoms with Crippen molar-refractivity contribution in [3.05, 3.63) is 94.0 Å². The van der Waals surface area contributed by atoms with Crippen LogP contribution in [0.4, 0.5) is 0 Å². The van der Waals surface area contributed by atoms with Crippen LogP contribution in [0.15, 0.2) is 66.7 Å². The van der Waals surface area contributed by atoms with Gasteiger partial charge in [-0.3, -0.25) is 4.79 Å². The molecule has 0 N–H and O–H groups in total. The highest BCUT2D eigenvalue weighted by atomic mass is 35.5. The number of aliphatic carboxylic acids is 1. The lowest BCUT2D eigenvalue weighted by molar-refractivity contribution is -0.311. The average Bonchev–Trinajstić information content (AvgIpc) is 2.83. The molecule has 1 atom stereocenters. The van der Waals surface area contributed by atoms with Gasteiger partial charge in [-0.15, -0.1) is 0 Å². The van der Waals surface area contributed by atoms with Gasteiger partial charge in [-0.25, -0.2) is 0 Å². The number of halogens is 1. The highest BCUT2D eigenvalue weighted by Crippen LogP contribution is 2.39. The summed E-state index contributed by atoms with van der Waals surface area (Å²) in [5, 5.41) is 12.6. The van der Waals surface area contributed by atoms with E-state index in [0.717, 1.165) is 16.7 Å². The molecule has 33 heavy (non-hydrogen) atoms. The summed E-state index contributed by atoms with van der Waals surface area (Å²) in [6.07, 6.45) is 0.196. The van der Waals surface area contributed by atoms with Crippen molar-refractivity contribution in [3.63, 3.8) is 0 Å². The van der Waals surface area contributed by atoms with Gasteiger partial charge in [-0.2, -0.15) is 0 Å². The minimum absolute atomic E-state index is 0.0747. The number of hydrogen-bond donors (Lipinski definition) is 0. The van der Waals surface area contributed by atoms with Crippen LogP contribution in [0.1, 0.15) is 22.3 Å². The number of amides is 1. The van der Waals surface area contributed by atoms with Crippen molar-refractivity contribution in [2.24, 2.45) is 0 Å². The van der Waals surface area contributed by atoms with E-state index in [1.807, 2.05) is 48.5 Å². The largest absolute Gasteiger partial charge is 0.548 e. The molecule has 0 aliphatic carbocycles. The Kier molecular flexibility index (Phi) is 6.84. The number of carbonyl (C=O) groups excluding carboxylic acids is 2. The second-order valence-corrected chi connectivity index (χ2v) is 8.31. The van der Waals surface area contributed by atoms with Crippen molar-refractivity contribution in [1.29, 1.82) is 0 Å². The van der Waals surface area contributed by atoms with Gasteiger partial charge in [0.2, 0.25) is 5.91 Å². The predicted octanol–water partition coefficient (Wildman–Crippen LogP) is 3.17. The number of carboxylic acid groups (broad SMARTS) is 1. The van der Waals surface area contributed by atoms with Gasteiger partial charge in [-0.05, 0) is 34.9 Å². The first-order valence-corrected chi connectivity index (χ1v) is 10.9. The number of carbonyl (C=O) groups is 2. The molecule has 7 heteroatoms. The van der Waals surface area contributed by atoms with Crippen molar-refractivity contribution >= 4 is 23.5 Å². The Bertz CT molecular complexity index is 1150. The van der Waals surface area contributed by atoms with Crippen LogP contribution in [0, 0.1) is 0 Å². The molecule has 0 unspecified atom stereocenters. The van der Waals surface area contributed by atoms with Gasteiger partial charge in [0, 0.05) is 23.6 Å². The summed E-state index contributed by atoms with van der Waals surface area (Å²) in [7, 11) is 1.53. The fraction of sp³-hybridized carbons (Fsp3) is 0.231. The van der Waals surface area contributed by atoms with Gasteiger partial charge in [0.1, 0.15) is 6.61 Å². The second-order valence-electron chi connectivity index (χ2n) is 7.87. The van der Waals surface area contributed by atoms with Crippen molar-refractivity contribution < 1.29 is 24.2 Å². The molecule has 1 amide bonds. The topological polar surface area (TPSA) is 78.9 Å². The normalized spacial score (nSPS) is 15.0. The van der Waals surface area contributed by atoms with Crippen LogP contribution in [0.3, 0.4) is 0 Å². The van der Waals surface area contributed by atoms with E-state index in [0.29, 0.717) is 22.1 Å². The zero-order chi connectivity index (χ0) is 23.4. The number of methoxy groups -OCH3 is 1. The Morgan fingerprint density at radius 3 is 2.42 bits per heavy atom. The zero-order valence-electron chi connectivity index (χ0n) is 18.1. The summed E-state index contributed by atoms with van der Waals surface area (Å²) in [5.41, 5.74) is 3.26. The van der Waals surface area contributed by atoms with Crippen LogP contribution < -0.4 is 14.6 Å². The van der Waals surface area contributed by atoms with Gasteiger partial charge in [-0.1, -0.05) is 60.1 Å². The Labute approximate surface area is 197 Å². The molecule has 0 fully saturated rings. The van der Waals surface area contributed by atoms with E-state index >= 15 is 0 Å². The number of benzene rings is 3. The molecule has 0 aromatic heterocycles. The van der Waals surface area contributed by atoms with Crippen molar-refractivity contribution in [2.45, 2.75) is 32.0 Å². The third kappa shape index (κ3) is 5.12. The smallest absolute Gasteiger partial charge is 0.227 e. The molecule has 0 saturated heterocycles. The van der Waals surface area contributed by atoms with Gasteiger partial charge in [0.15, 0.2) is 11.5 Å². The number of carboxylic acids is 1. The van der Waals surface area contributed by atoms with E-state index < -0.39 is 12.0 Å². The number of ether oxygens (including phenoxy) is 2. The zero-order valence-corrected chi connectivity index (χ0v) is 18.9. The molecule has 3 aromatic rings. The number of nitrogens with zero attached hydrogens (tertiary/aromatic N) is 1. The van der Waals surface area contributed by atoms with Crippen molar-refractivity contribution in [3.8, 4) is 11.5 Å². The minimum Gasteiger partial charge on any atom is -0.548 e. The maximum atomic E-state index is 13.0. The molecule has 4 rings (SSSR count). The maximum Gasteiger partial charge on any atom is 0.227 e. The molecule has 1 aliphatic rings. The van der Waals surface area contributed by atoms with Crippen molar-refractivity contribution in [1.82, 2.24) is 4.90 Å². The molecule has 0 radical (unpaired) electrons. The van der Waals surface area contributed by atoms with E-state index in [1.165, 1.54) is 12.0 Å². The van der Waals surface area contributed by atoms with Crippen LogP contribution in [0.2, 0.25) is 5.02 Å². The first kappa shape index (κ1) is 22.7. The molecular formula is C26H23ClNO5-. The van der Waals surface area contributed by atoms with E-state index in [1.54, 1.807) is 18.2 Å². The molecule has 1 heterocycles. The van der Waals surface area contributed by atoms with Gasteiger partial charge < -0.3 is 24.3 Å². The van der Waals surface area contributed by atoms with Crippen LogP contribution >= 0.6 is 11.6 Å². The SMILES string of the molecule is COc1ccc2c(c1OCc1ccc(Cl)cc1)C[C@H](C(=O)[O-])N(C(=O)Cc1ccccc1)C2. The van der Waals surface area contributed by atoms with E-state index in [4.69, 9.17) is 21.1 Å². The van der Waals surface area contributed by atoms with E-state index in [9.17, 15) is 14.7 Å². The highest BCUT2D eigenvalue weighted by molar-refractivity contribution is 6.30. The Hall–Kier alpha value is -3.51. The van der Waals surface area contributed by atoms with Crippen LogP contribution in [-0.2, 0) is 35.6 Å². The van der Waals surface area contributed by atoms with Crippen LogP contribution in [0.5, 0.6) is 11.5 Å².